The first-order chi connectivity index (χ1) is 15.7. The maximum atomic E-state index is 11.7. The van der Waals surface area contributed by atoms with Crippen LogP contribution in [0, 0.1) is 0 Å². The van der Waals surface area contributed by atoms with E-state index in [2.05, 4.69) is 48.4 Å². The number of allylic oxidation sites excluding steroid dienone is 6. The molecule has 0 aliphatic heterocycles. The molecule has 176 valence electrons. The number of nitrogens with zero attached hydrogens (tertiary/aromatic N) is 1. The molecule has 0 atom stereocenters. The molecule has 5 nitrogen and oxygen atoms in total. The lowest BCUT2D eigenvalue weighted by atomic mass is 10.1. The predicted molar refractivity (Wildman–Crippen MR) is 129 cm³/mol. The van der Waals surface area contributed by atoms with Crippen molar-refractivity contribution in [3.63, 3.8) is 0 Å². The van der Waals surface area contributed by atoms with E-state index in [0.29, 0.717) is 18.4 Å². The highest BCUT2D eigenvalue weighted by Crippen LogP contribution is 2.05. The van der Waals surface area contributed by atoms with Gasteiger partial charge in [-0.15, -0.1) is 0 Å². The second kappa shape index (κ2) is 20.2. The number of pyridine rings is 1. The number of esters is 2. The Balaban J connectivity index is 1.90. The summed E-state index contributed by atoms with van der Waals surface area (Å²) in [7, 11) is 0. The van der Waals surface area contributed by atoms with Crippen LogP contribution in [0.2, 0.25) is 0 Å². The molecule has 0 aliphatic carbocycles. The second-order valence-corrected chi connectivity index (χ2v) is 7.58. The fourth-order valence-electron chi connectivity index (χ4n) is 2.87. The van der Waals surface area contributed by atoms with Gasteiger partial charge in [-0.3, -0.25) is 9.78 Å². The third-order valence-corrected chi connectivity index (χ3v) is 4.70. The summed E-state index contributed by atoms with van der Waals surface area (Å²) in [6.45, 7) is 2.71. The van der Waals surface area contributed by atoms with Crippen LogP contribution in [-0.2, 0) is 14.3 Å². The van der Waals surface area contributed by atoms with Gasteiger partial charge in [-0.05, 0) is 57.1 Å². The Hall–Kier alpha value is -2.69. The van der Waals surface area contributed by atoms with E-state index in [-0.39, 0.29) is 19.2 Å². The SMILES string of the molecule is CCCCCC=CCC=CCC=CCCCCC(=O)OCCCOC(=O)c1cccnc1. The van der Waals surface area contributed by atoms with Crippen molar-refractivity contribution in [3.05, 3.63) is 66.5 Å². The van der Waals surface area contributed by atoms with Crippen molar-refractivity contribution in [2.75, 3.05) is 13.2 Å². The van der Waals surface area contributed by atoms with Crippen LogP contribution in [0.4, 0.5) is 0 Å². The molecule has 0 saturated carbocycles. The standard InChI is InChI=1S/C27H39NO4/c1-2-3-4-5-6-7-8-9-10-11-12-13-14-15-16-20-26(29)31-22-18-23-32-27(30)25-19-17-21-28-24-25/h6-7,9-10,12-13,17,19,21,24H,2-5,8,11,14-16,18,20,22-23H2,1H3. The first-order valence-corrected chi connectivity index (χ1v) is 11.9. The summed E-state index contributed by atoms with van der Waals surface area (Å²) < 4.78 is 10.3. The fraction of sp³-hybridized carbons (Fsp3) is 0.519. The van der Waals surface area contributed by atoms with Gasteiger partial charge >= 0.3 is 11.9 Å². The minimum absolute atomic E-state index is 0.196. The van der Waals surface area contributed by atoms with Crippen LogP contribution in [-0.4, -0.2) is 30.1 Å². The number of ether oxygens (including phenoxy) is 2. The molecule has 1 aromatic heterocycles. The van der Waals surface area contributed by atoms with E-state index >= 15 is 0 Å². The third kappa shape index (κ3) is 16.1. The Morgan fingerprint density at radius 1 is 0.844 bits per heavy atom. The van der Waals surface area contributed by atoms with Crippen molar-refractivity contribution >= 4 is 11.9 Å². The highest BCUT2D eigenvalue weighted by Gasteiger charge is 2.07. The van der Waals surface area contributed by atoms with Crippen molar-refractivity contribution < 1.29 is 19.1 Å². The van der Waals surface area contributed by atoms with E-state index in [0.717, 1.165) is 32.1 Å². The van der Waals surface area contributed by atoms with E-state index in [1.165, 1.54) is 31.9 Å². The van der Waals surface area contributed by atoms with Crippen LogP contribution in [0.15, 0.2) is 61.0 Å². The summed E-state index contributed by atoms with van der Waals surface area (Å²) in [6.07, 6.45) is 27.0. The summed E-state index contributed by atoms with van der Waals surface area (Å²) in [5.74, 6) is -0.610. The molecule has 0 unspecified atom stereocenters. The molecule has 0 spiro atoms. The quantitative estimate of drug-likeness (QED) is 0.143. The van der Waals surface area contributed by atoms with Gasteiger partial charge in [-0.1, -0.05) is 56.2 Å². The Bertz CT molecular complexity index is 695. The van der Waals surface area contributed by atoms with Gasteiger partial charge in [0.1, 0.15) is 0 Å². The summed E-state index contributed by atoms with van der Waals surface area (Å²) in [6, 6.07) is 3.33. The van der Waals surface area contributed by atoms with Gasteiger partial charge in [0, 0.05) is 25.2 Å². The van der Waals surface area contributed by atoms with Crippen molar-refractivity contribution in [3.8, 4) is 0 Å². The molecule has 0 radical (unpaired) electrons. The van der Waals surface area contributed by atoms with Gasteiger partial charge in [-0.25, -0.2) is 4.79 Å². The molecular weight excluding hydrogens is 402 g/mol. The molecule has 0 saturated heterocycles. The average molecular weight is 442 g/mol. The molecule has 5 heteroatoms. The van der Waals surface area contributed by atoms with Crippen molar-refractivity contribution in [1.82, 2.24) is 4.98 Å². The predicted octanol–water partition coefficient (Wildman–Crippen LogP) is 6.76. The zero-order valence-corrected chi connectivity index (χ0v) is 19.5. The highest BCUT2D eigenvalue weighted by molar-refractivity contribution is 5.88. The molecule has 1 aromatic rings. The second-order valence-electron chi connectivity index (χ2n) is 7.58. The lowest BCUT2D eigenvalue weighted by Gasteiger charge is -2.06. The Labute approximate surface area is 193 Å². The van der Waals surface area contributed by atoms with Crippen molar-refractivity contribution in [2.45, 2.75) is 77.6 Å². The summed E-state index contributed by atoms with van der Waals surface area (Å²) in [5.41, 5.74) is 0.417. The molecular formula is C27H39NO4. The smallest absolute Gasteiger partial charge is 0.339 e. The van der Waals surface area contributed by atoms with Crippen LogP contribution in [0.25, 0.3) is 0 Å². The number of carbonyl (C=O) groups excluding carboxylic acids is 2. The van der Waals surface area contributed by atoms with Gasteiger partial charge in [0.25, 0.3) is 0 Å². The van der Waals surface area contributed by atoms with Crippen LogP contribution in [0.1, 0.15) is 87.9 Å². The number of aromatic nitrogens is 1. The number of unbranched alkanes of at least 4 members (excludes halogenated alkanes) is 5. The molecule has 0 fully saturated rings. The lowest BCUT2D eigenvalue weighted by Crippen LogP contribution is -2.11. The number of rotatable bonds is 18. The maximum absolute atomic E-state index is 11.7. The number of hydrogen-bond acceptors (Lipinski definition) is 5. The molecule has 1 rings (SSSR count). The molecule has 0 aromatic carbocycles. The van der Waals surface area contributed by atoms with Crippen molar-refractivity contribution in [1.29, 1.82) is 0 Å². The van der Waals surface area contributed by atoms with Crippen LogP contribution >= 0.6 is 0 Å². The largest absolute Gasteiger partial charge is 0.466 e. The van der Waals surface area contributed by atoms with Gasteiger partial charge < -0.3 is 9.47 Å². The van der Waals surface area contributed by atoms with E-state index in [1.807, 2.05) is 0 Å². The molecule has 0 bridgehead atoms. The number of hydrogen-bond donors (Lipinski definition) is 0. The highest BCUT2D eigenvalue weighted by atomic mass is 16.5. The van der Waals surface area contributed by atoms with Crippen LogP contribution < -0.4 is 0 Å². The van der Waals surface area contributed by atoms with Gasteiger partial charge in [0.2, 0.25) is 0 Å². The zero-order chi connectivity index (χ0) is 23.1. The topological polar surface area (TPSA) is 65.5 Å². The normalized spacial score (nSPS) is 11.5. The summed E-state index contributed by atoms with van der Waals surface area (Å²) >= 11 is 0. The first-order valence-electron chi connectivity index (χ1n) is 11.9. The molecule has 32 heavy (non-hydrogen) atoms. The minimum atomic E-state index is -0.414. The van der Waals surface area contributed by atoms with E-state index in [9.17, 15) is 9.59 Å². The Morgan fingerprint density at radius 3 is 2.16 bits per heavy atom. The Kier molecular flexibility index (Phi) is 17.3. The monoisotopic (exact) mass is 441 g/mol. The summed E-state index contributed by atoms with van der Waals surface area (Å²) in [4.78, 5) is 27.3. The van der Waals surface area contributed by atoms with Gasteiger partial charge in [0.05, 0.1) is 18.8 Å². The molecule has 0 aliphatic rings. The van der Waals surface area contributed by atoms with Gasteiger partial charge in [0.15, 0.2) is 0 Å². The zero-order valence-electron chi connectivity index (χ0n) is 19.5. The van der Waals surface area contributed by atoms with E-state index in [1.54, 1.807) is 18.3 Å². The van der Waals surface area contributed by atoms with Crippen molar-refractivity contribution in [2.24, 2.45) is 0 Å². The fourth-order valence-corrected chi connectivity index (χ4v) is 2.87. The minimum Gasteiger partial charge on any atom is -0.466 e. The Morgan fingerprint density at radius 2 is 1.50 bits per heavy atom. The third-order valence-electron chi connectivity index (χ3n) is 4.70. The van der Waals surface area contributed by atoms with Gasteiger partial charge in [-0.2, -0.15) is 0 Å². The average Bonchev–Trinajstić information content (AvgIpc) is 2.81. The molecule has 1 heterocycles. The molecule has 0 N–H and O–H groups in total. The lowest BCUT2D eigenvalue weighted by molar-refractivity contribution is -0.144. The first kappa shape index (κ1) is 27.3. The van der Waals surface area contributed by atoms with E-state index in [4.69, 9.17) is 9.47 Å². The summed E-state index contributed by atoms with van der Waals surface area (Å²) in [5, 5.41) is 0. The molecule has 0 amide bonds. The van der Waals surface area contributed by atoms with E-state index < -0.39 is 5.97 Å². The van der Waals surface area contributed by atoms with Crippen LogP contribution in [0.5, 0.6) is 0 Å². The van der Waals surface area contributed by atoms with Crippen LogP contribution in [0.3, 0.4) is 0 Å². The maximum Gasteiger partial charge on any atom is 0.339 e. The number of carbonyl (C=O) groups is 2.